The van der Waals surface area contributed by atoms with E-state index in [0.717, 1.165) is 13.1 Å². The first-order chi connectivity index (χ1) is 4.70. The molecule has 0 saturated heterocycles. The number of aliphatic hydroxyl groups is 1. The molecule has 0 aromatic heterocycles. The predicted molar refractivity (Wildman–Crippen MR) is 42.4 cm³/mol. The number of nitrogens with zero attached hydrogens (tertiary/aromatic N) is 1. The Hall–Kier alpha value is -0.680. The molecule has 0 spiro atoms. The lowest BCUT2D eigenvalue weighted by molar-refractivity contribution is 0.252. The fraction of sp³-hybridized carbons (Fsp3) is 0.750. The van der Waals surface area contributed by atoms with Crippen molar-refractivity contribution in [3.63, 3.8) is 0 Å². The SMILES string of the molecule is CCN(C#CC(C)O)CC. The van der Waals surface area contributed by atoms with Gasteiger partial charge in [0.2, 0.25) is 0 Å². The van der Waals surface area contributed by atoms with E-state index in [1.807, 2.05) is 18.7 Å². The van der Waals surface area contributed by atoms with Crippen molar-refractivity contribution in [1.29, 1.82) is 0 Å². The second kappa shape index (κ2) is 5.13. The Morgan fingerprint density at radius 2 is 1.90 bits per heavy atom. The molecule has 1 N–H and O–H groups in total. The molecule has 0 aliphatic rings. The lowest BCUT2D eigenvalue weighted by atomic mass is 10.4. The van der Waals surface area contributed by atoms with Crippen molar-refractivity contribution in [1.82, 2.24) is 4.90 Å². The van der Waals surface area contributed by atoms with Gasteiger partial charge in [-0.15, -0.1) is 0 Å². The summed E-state index contributed by atoms with van der Waals surface area (Å²) >= 11 is 0. The number of hydrogen-bond donors (Lipinski definition) is 1. The summed E-state index contributed by atoms with van der Waals surface area (Å²) in [4.78, 5) is 1.95. The molecule has 0 aromatic rings. The third-order valence-corrected chi connectivity index (χ3v) is 1.19. The molecule has 0 aliphatic heterocycles. The fourth-order valence-electron chi connectivity index (χ4n) is 0.566. The summed E-state index contributed by atoms with van der Waals surface area (Å²) in [6.07, 6.45) is -0.513. The molecule has 0 rings (SSSR count). The van der Waals surface area contributed by atoms with Crippen LogP contribution in [0.1, 0.15) is 20.8 Å². The summed E-state index contributed by atoms with van der Waals surface area (Å²) in [5.41, 5.74) is 0. The van der Waals surface area contributed by atoms with E-state index in [4.69, 9.17) is 5.11 Å². The van der Waals surface area contributed by atoms with Gasteiger partial charge in [0.1, 0.15) is 6.10 Å². The molecule has 0 saturated carbocycles. The quantitative estimate of drug-likeness (QED) is 0.451. The maximum atomic E-state index is 8.79. The molecule has 0 bridgehead atoms. The van der Waals surface area contributed by atoms with Crippen LogP contribution in [0.3, 0.4) is 0 Å². The minimum absolute atomic E-state index is 0.513. The van der Waals surface area contributed by atoms with Crippen LogP contribution >= 0.6 is 0 Å². The van der Waals surface area contributed by atoms with Gasteiger partial charge in [-0.25, -0.2) is 0 Å². The molecule has 0 amide bonds. The molecule has 10 heavy (non-hydrogen) atoms. The number of aliphatic hydroxyl groups excluding tert-OH is 1. The summed E-state index contributed by atoms with van der Waals surface area (Å²) in [6.45, 7) is 7.57. The average Bonchev–Trinajstić information content (AvgIpc) is 1.90. The minimum atomic E-state index is -0.513. The molecule has 1 atom stereocenters. The topological polar surface area (TPSA) is 23.5 Å². The van der Waals surface area contributed by atoms with Gasteiger partial charge < -0.3 is 10.0 Å². The van der Waals surface area contributed by atoms with Crippen molar-refractivity contribution >= 4 is 0 Å². The third kappa shape index (κ3) is 4.22. The van der Waals surface area contributed by atoms with E-state index in [1.165, 1.54) is 0 Å². The maximum Gasteiger partial charge on any atom is 0.113 e. The van der Waals surface area contributed by atoms with Crippen molar-refractivity contribution in [2.75, 3.05) is 13.1 Å². The minimum Gasteiger partial charge on any atom is -0.381 e. The van der Waals surface area contributed by atoms with E-state index >= 15 is 0 Å². The Kier molecular flexibility index (Phi) is 4.78. The van der Waals surface area contributed by atoms with Crippen molar-refractivity contribution < 1.29 is 5.11 Å². The predicted octanol–water partition coefficient (Wildman–Crippen LogP) is 0.670. The summed E-state index contributed by atoms with van der Waals surface area (Å²) in [6, 6.07) is 2.85. The largest absolute Gasteiger partial charge is 0.381 e. The summed E-state index contributed by atoms with van der Waals surface area (Å²) in [5.74, 6) is 2.68. The molecule has 0 fully saturated rings. The van der Waals surface area contributed by atoms with Crippen LogP contribution in [0.25, 0.3) is 0 Å². The summed E-state index contributed by atoms with van der Waals surface area (Å²) in [5, 5.41) is 8.79. The van der Waals surface area contributed by atoms with E-state index < -0.39 is 6.10 Å². The standard InChI is InChI=1S/C8H15NO/c1-4-9(5-2)7-6-8(3)10/h8,10H,4-5H2,1-3H3. The molecule has 0 heterocycles. The first kappa shape index (κ1) is 9.32. The zero-order valence-electron chi connectivity index (χ0n) is 6.89. The first-order valence-corrected chi connectivity index (χ1v) is 3.64. The average molecular weight is 141 g/mol. The summed E-state index contributed by atoms with van der Waals surface area (Å²) < 4.78 is 0. The van der Waals surface area contributed by atoms with Crippen molar-refractivity contribution in [3.8, 4) is 12.0 Å². The van der Waals surface area contributed by atoms with E-state index in [9.17, 15) is 0 Å². The van der Waals surface area contributed by atoms with E-state index in [-0.39, 0.29) is 0 Å². The van der Waals surface area contributed by atoms with Crippen LogP contribution in [0.4, 0.5) is 0 Å². The van der Waals surface area contributed by atoms with Gasteiger partial charge >= 0.3 is 0 Å². The highest BCUT2D eigenvalue weighted by Crippen LogP contribution is 1.82. The van der Waals surface area contributed by atoms with E-state index in [0.29, 0.717) is 0 Å². The van der Waals surface area contributed by atoms with Gasteiger partial charge in [0.15, 0.2) is 0 Å². The summed E-state index contributed by atoms with van der Waals surface area (Å²) in [7, 11) is 0. The van der Waals surface area contributed by atoms with Crippen LogP contribution in [0.2, 0.25) is 0 Å². The van der Waals surface area contributed by atoms with Gasteiger partial charge in [-0.3, -0.25) is 0 Å². The fourth-order valence-corrected chi connectivity index (χ4v) is 0.566. The van der Waals surface area contributed by atoms with E-state index in [1.54, 1.807) is 6.92 Å². The molecule has 2 heteroatoms. The van der Waals surface area contributed by atoms with Crippen molar-refractivity contribution in [2.24, 2.45) is 0 Å². The molecule has 58 valence electrons. The van der Waals surface area contributed by atoms with Crippen LogP contribution in [0.5, 0.6) is 0 Å². The third-order valence-electron chi connectivity index (χ3n) is 1.19. The lowest BCUT2D eigenvalue weighted by Crippen LogP contribution is -2.16. The Bertz CT molecular complexity index is 128. The van der Waals surface area contributed by atoms with Gasteiger partial charge in [0, 0.05) is 19.1 Å². The zero-order chi connectivity index (χ0) is 7.98. The second-order valence-corrected chi connectivity index (χ2v) is 2.10. The van der Waals surface area contributed by atoms with Gasteiger partial charge in [-0.05, 0) is 26.7 Å². The van der Waals surface area contributed by atoms with Gasteiger partial charge in [-0.1, -0.05) is 0 Å². The maximum absolute atomic E-state index is 8.79. The Balaban J connectivity index is 3.74. The lowest BCUT2D eigenvalue weighted by Gasteiger charge is -2.10. The monoisotopic (exact) mass is 141 g/mol. The zero-order valence-corrected chi connectivity index (χ0v) is 6.89. The first-order valence-electron chi connectivity index (χ1n) is 3.64. The van der Waals surface area contributed by atoms with Crippen LogP contribution in [0, 0.1) is 12.0 Å². The highest BCUT2D eigenvalue weighted by molar-refractivity contribution is 5.02. The highest BCUT2D eigenvalue weighted by Gasteiger charge is 1.89. The Labute approximate surface area is 62.8 Å². The van der Waals surface area contributed by atoms with Gasteiger partial charge in [0.05, 0.1) is 0 Å². The van der Waals surface area contributed by atoms with Crippen molar-refractivity contribution in [3.05, 3.63) is 0 Å². The molecule has 2 nitrogen and oxygen atoms in total. The van der Waals surface area contributed by atoms with Crippen LogP contribution in [-0.4, -0.2) is 29.2 Å². The van der Waals surface area contributed by atoms with Crippen LogP contribution < -0.4 is 0 Å². The number of hydrogen-bond acceptors (Lipinski definition) is 2. The van der Waals surface area contributed by atoms with Crippen molar-refractivity contribution in [2.45, 2.75) is 26.9 Å². The normalized spacial score (nSPS) is 11.6. The van der Waals surface area contributed by atoms with Crippen LogP contribution in [0.15, 0.2) is 0 Å². The van der Waals surface area contributed by atoms with Gasteiger partial charge in [-0.2, -0.15) is 0 Å². The smallest absolute Gasteiger partial charge is 0.113 e. The molecule has 0 aromatic carbocycles. The molecule has 1 unspecified atom stereocenters. The van der Waals surface area contributed by atoms with Crippen LogP contribution in [-0.2, 0) is 0 Å². The molecule has 0 aliphatic carbocycles. The molecular weight excluding hydrogens is 126 g/mol. The molecular formula is C8H15NO. The van der Waals surface area contributed by atoms with Gasteiger partial charge in [0.25, 0.3) is 0 Å². The Morgan fingerprint density at radius 3 is 2.20 bits per heavy atom. The molecule has 0 radical (unpaired) electrons. The number of rotatable bonds is 2. The highest BCUT2D eigenvalue weighted by atomic mass is 16.3. The van der Waals surface area contributed by atoms with E-state index in [2.05, 4.69) is 12.0 Å². The Morgan fingerprint density at radius 1 is 1.40 bits per heavy atom. The second-order valence-electron chi connectivity index (χ2n) is 2.10.